The highest BCUT2D eigenvalue weighted by atomic mass is 35.5. The predicted molar refractivity (Wildman–Crippen MR) is 112 cm³/mol. The number of halogens is 2. The minimum atomic E-state index is -1.91. The summed E-state index contributed by atoms with van der Waals surface area (Å²) in [6, 6.07) is 8.91. The highest BCUT2D eigenvalue weighted by Gasteiger charge is 2.48. The van der Waals surface area contributed by atoms with E-state index in [0.717, 1.165) is 0 Å². The van der Waals surface area contributed by atoms with Crippen molar-refractivity contribution in [1.29, 1.82) is 0 Å². The van der Waals surface area contributed by atoms with E-state index in [0.29, 0.717) is 21.3 Å². The van der Waals surface area contributed by atoms with Crippen LogP contribution in [-0.2, 0) is 25.5 Å². The Kier molecular flexibility index (Phi) is 7.44. The molecule has 0 radical (unpaired) electrons. The van der Waals surface area contributed by atoms with Crippen molar-refractivity contribution < 1.29 is 44.6 Å². The maximum absolute atomic E-state index is 12.5. The Bertz CT molecular complexity index is 998. The number of aliphatic hydroxyl groups is 3. The molecule has 10 nitrogen and oxygen atoms in total. The molecule has 0 unspecified atom stereocenters. The minimum absolute atomic E-state index is 0.111. The van der Waals surface area contributed by atoms with Gasteiger partial charge < -0.3 is 40.3 Å². The summed E-state index contributed by atoms with van der Waals surface area (Å²) in [5.74, 6) is -2.66. The number of rotatable bonds is 6. The van der Waals surface area contributed by atoms with Crippen LogP contribution in [0, 0.1) is 0 Å². The van der Waals surface area contributed by atoms with Crippen molar-refractivity contribution in [3.8, 4) is 5.75 Å². The fourth-order valence-electron chi connectivity index (χ4n) is 3.06. The van der Waals surface area contributed by atoms with E-state index < -0.39 is 49.1 Å². The van der Waals surface area contributed by atoms with Crippen molar-refractivity contribution in [2.45, 2.75) is 37.1 Å². The van der Waals surface area contributed by atoms with E-state index >= 15 is 0 Å². The van der Waals surface area contributed by atoms with Gasteiger partial charge in [-0.3, -0.25) is 4.79 Å². The SMILES string of the molecule is O=C(Cc1ccc(O)cc1Nc1c(Cl)cccc1Cl)O[C@@H]1O[C@H](C(=O)O)[C@@H](O)[C@H](O)[C@H]1O. The van der Waals surface area contributed by atoms with Gasteiger partial charge in [0.1, 0.15) is 24.1 Å². The number of esters is 1. The second-order valence-corrected chi connectivity index (χ2v) is 7.78. The Morgan fingerprint density at radius 3 is 2.31 bits per heavy atom. The lowest BCUT2D eigenvalue weighted by Crippen LogP contribution is -2.60. The van der Waals surface area contributed by atoms with E-state index in [9.17, 15) is 30.0 Å². The molecule has 0 saturated carbocycles. The molecule has 1 aliphatic heterocycles. The number of phenols is 1. The van der Waals surface area contributed by atoms with Crippen LogP contribution in [0.2, 0.25) is 10.0 Å². The number of aromatic hydroxyl groups is 1. The van der Waals surface area contributed by atoms with Crippen molar-refractivity contribution in [3.63, 3.8) is 0 Å². The van der Waals surface area contributed by atoms with Crippen LogP contribution >= 0.6 is 23.2 Å². The van der Waals surface area contributed by atoms with Crippen molar-refractivity contribution in [2.75, 3.05) is 5.32 Å². The normalized spacial score (nSPS) is 25.2. The van der Waals surface area contributed by atoms with Crippen LogP contribution in [0.25, 0.3) is 0 Å². The van der Waals surface area contributed by atoms with Gasteiger partial charge in [0.2, 0.25) is 6.29 Å². The quantitative estimate of drug-likeness (QED) is 0.328. The Labute approximate surface area is 191 Å². The molecule has 2 aromatic rings. The van der Waals surface area contributed by atoms with Gasteiger partial charge in [0.15, 0.2) is 6.10 Å². The molecule has 0 bridgehead atoms. The molecule has 172 valence electrons. The Balaban J connectivity index is 1.77. The summed E-state index contributed by atoms with van der Waals surface area (Å²) in [4.78, 5) is 23.6. The number of carboxylic acid groups (broad SMARTS) is 1. The molecule has 1 heterocycles. The van der Waals surface area contributed by atoms with Crippen molar-refractivity contribution in [2.24, 2.45) is 0 Å². The van der Waals surface area contributed by atoms with Gasteiger partial charge in [-0.2, -0.15) is 0 Å². The minimum Gasteiger partial charge on any atom is -0.508 e. The molecule has 6 N–H and O–H groups in total. The van der Waals surface area contributed by atoms with Crippen molar-refractivity contribution in [1.82, 2.24) is 0 Å². The summed E-state index contributed by atoms with van der Waals surface area (Å²) in [5.41, 5.74) is 0.953. The van der Waals surface area contributed by atoms with E-state index in [-0.39, 0.29) is 11.4 Å². The van der Waals surface area contributed by atoms with Crippen molar-refractivity contribution in [3.05, 3.63) is 52.0 Å². The van der Waals surface area contributed by atoms with Gasteiger partial charge >= 0.3 is 11.9 Å². The zero-order chi connectivity index (χ0) is 23.6. The van der Waals surface area contributed by atoms with E-state index in [4.69, 9.17) is 37.8 Å². The van der Waals surface area contributed by atoms with Crippen molar-refractivity contribution >= 4 is 46.5 Å². The van der Waals surface area contributed by atoms with Gasteiger partial charge in [-0.05, 0) is 23.8 Å². The Hall–Kier alpha value is -2.60. The molecule has 0 amide bonds. The number of hydrogen-bond acceptors (Lipinski definition) is 9. The number of benzene rings is 2. The van der Waals surface area contributed by atoms with Crippen LogP contribution in [-0.4, -0.2) is 68.2 Å². The Morgan fingerprint density at radius 2 is 1.69 bits per heavy atom. The lowest BCUT2D eigenvalue weighted by Gasteiger charge is -2.37. The first-order chi connectivity index (χ1) is 15.1. The number of carboxylic acids is 1. The molecule has 2 aromatic carbocycles. The van der Waals surface area contributed by atoms with Gasteiger partial charge in [-0.1, -0.05) is 35.3 Å². The second kappa shape index (κ2) is 9.90. The fourth-order valence-corrected chi connectivity index (χ4v) is 3.55. The summed E-state index contributed by atoms with van der Waals surface area (Å²) >= 11 is 12.3. The van der Waals surface area contributed by atoms with Gasteiger partial charge in [0, 0.05) is 11.8 Å². The summed E-state index contributed by atoms with van der Waals surface area (Å²) in [6.07, 6.45) is -9.81. The standard InChI is InChI=1S/C20H19Cl2NO9/c21-10-2-1-3-11(22)14(10)23-12-7-9(24)5-4-8(12)6-13(25)31-20-17(28)15(26)16(27)18(32-20)19(29)30/h1-5,7,15-18,20,23-24,26-28H,6H2,(H,29,30)/t15-,16-,17+,18-,20+/m0/s1. The highest BCUT2D eigenvalue weighted by molar-refractivity contribution is 6.39. The molecule has 0 aliphatic carbocycles. The van der Waals surface area contributed by atoms with E-state index in [2.05, 4.69) is 5.32 Å². The molecule has 3 rings (SSSR count). The van der Waals surface area contributed by atoms with Gasteiger partial charge in [-0.15, -0.1) is 0 Å². The number of para-hydroxylation sites is 1. The van der Waals surface area contributed by atoms with Crippen LogP contribution in [0.1, 0.15) is 5.56 Å². The molecule has 12 heteroatoms. The molecule has 5 atom stereocenters. The molecule has 32 heavy (non-hydrogen) atoms. The fraction of sp³-hybridized carbons (Fsp3) is 0.300. The lowest BCUT2D eigenvalue weighted by molar-refractivity contribution is -0.286. The highest BCUT2D eigenvalue weighted by Crippen LogP contribution is 2.35. The lowest BCUT2D eigenvalue weighted by atomic mass is 9.99. The summed E-state index contributed by atoms with van der Waals surface area (Å²) in [5, 5.41) is 52.0. The summed E-state index contributed by atoms with van der Waals surface area (Å²) in [6.45, 7) is 0. The third-order valence-electron chi connectivity index (χ3n) is 4.71. The molecule has 0 aromatic heterocycles. The first kappa shape index (κ1) is 24.1. The number of carbonyl (C=O) groups is 2. The summed E-state index contributed by atoms with van der Waals surface area (Å²) < 4.78 is 9.94. The predicted octanol–water partition coefficient (Wildman–Crippen LogP) is 1.42. The largest absolute Gasteiger partial charge is 0.508 e. The average Bonchev–Trinajstić information content (AvgIpc) is 2.72. The zero-order valence-electron chi connectivity index (χ0n) is 16.2. The topological polar surface area (TPSA) is 166 Å². The van der Waals surface area contributed by atoms with E-state index in [1.165, 1.54) is 18.2 Å². The average molecular weight is 488 g/mol. The third-order valence-corrected chi connectivity index (χ3v) is 5.34. The number of carbonyl (C=O) groups excluding carboxylic acids is 1. The number of nitrogens with one attached hydrogen (secondary N) is 1. The van der Waals surface area contributed by atoms with Crippen LogP contribution in [0.5, 0.6) is 5.75 Å². The van der Waals surface area contributed by atoms with E-state index in [1.807, 2.05) is 0 Å². The zero-order valence-corrected chi connectivity index (χ0v) is 17.7. The van der Waals surface area contributed by atoms with E-state index in [1.54, 1.807) is 18.2 Å². The smallest absolute Gasteiger partial charge is 0.335 e. The van der Waals surface area contributed by atoms with Crippen LogP contribution < -0.4 is 5.32 Å². The molecule has 1 fully saturated rings. The second-order valence-electron chi connectivity index (χ2n) is 6.96. The van der Waals surface area contributed by atoms with Crippen LogP contribution in [0.15, 0.2) is 36.4 Å². The third kappa shape index (κ3) is 5.23. The first-order valence-corrected chi connectivity index (χ1v) is 9.99. The number of aliphatic carboxylic acids is 1. The molecule has 1 aliphatic rings. The number of ether oxygens (including phenoxy) is 2. The van der Waals surface area contributed by atoms with Crippen LogP contribution in [0.3, 0.4) is 0 Å². The molecule has 0 spiro atoms. The number of phenolic OH excluding ortho intramolecular Hbond substituents is 1. The number of anilines is 2. The van der Waals surface area contributed by atoms with Gasteiger partial charge in [0.25, 0.3) is 0 Å². The monoisotopic (exact) mass is 487 g/mol. The molecular formula is C20H19Cl2NO9. The number of hydrogen-bond donors (Lipinski definition) is 6. The van der Waals surface area contributed by atoms with Gasteiger partial charge in [0.05, 0.1) is 22.2 Å². The summed E-state index contributed by atoms with van der Waals surface area (Å²) in [7, 11) is 0. The maximum atomic E-state index is 12.5. The number of aliphatic hydroxyl groups excluding tert-OH is 3. The first-order valence-electron chi connectivity index (χ1n) is 9.23. The maximum Gasteiger partial charge on any atom is 0.335 e. The molecule has 1 saturated heterocycles. The molecular weight excluding hydrogens is 469 g/mol. The Morgan fingerprint density at radius 1 is 1.03 bits per heavy atom. The van der Waals surface area contributed by atoms with Gasteiger partial charge in [-0.25, -0.2) is 4.79 Å². The van der Waals surface area contributed by atoms with Crippen LogP contribution in [0.4, 0.5) is 11.4 Å².